The van der Waals surface area contributed by atoms with Crippen molar-refractivity contribution in [3.63, 3.8) is 0 Å². The molecule has 0 spiro atoms. The van der Waals surface area contributed by atoms with Gasteiger partial charge in [-0.1, -0.05) is 36.7 Å². The molecule has 0 radical (unpaired) electrons. The third kappa shape index (κ3) is 3.51. The molecule has 1 unspecified atom stereocenters. The van der Waals surface area contributed by atoms with Crippen molar-refractivity contribution < 1.29 is 9.53 Å². The molecule has 0 saturated carbocycles. The van der Waals surface area contributed by atoms with Crippen molar-refractivity contribution >= 4 is 17.6 Å². The number of hydrogen-bond donors (Lipinski definition) is 1. The Labute approximate surface area is 101 Å². The summed E-state index contributed by atoms with van der Waals surface area (Å²) in [7, 11) is 0. The van der Waals surface area contributed by atoms with E-state index in [9.17, 15) is 4.79 Å². The maximum Gasteiger partial charge on any atom is 0.310 e. The first-order chi connectivity index (χ1) is 7.69. The lowest BCUT2D eigenvalue weighted by Crippen LogP contribution is -2.24. The second-order valence-electron chi connectivity index (χ2n) is 3.54. The first-order valence-corrected chi connectivity index (χ1v) is 5.67. The molecular weight excluding hydrogens is 226 g/mol. The Morgan fingerprint density at radius 3 is 2.75 bits per heavy atom. The van der Waals surface area contributed by atoms with Gasteiger partial charge in [-0.05, 0) is 12.5 Å². The van der Waals surface area contributed by atoms with Crippen LogP contribution < -0.4 is 5.73 Å². The van der Waals surface area contributed by atoms with Gasteiger partial charge < -0.3 is 10.5 Å². The SMILES string of the molecule is CCC(CN)C(=O)OCc1ccccc1Cl. The van der Waals surface area contributed by atoms with E-state index in [2.05, 4.69) is 0 Å². The summed E-state index contributed by atoms with van der Waals surface area (Å²) in [5.41, 5.74) is 6.27. The topological polar surface area (TPSA) is 52.3 Å². The van der Waals surface area contributed by atoms with E-state index in [1.165, 1.54) is 0 Å². The van der Waals surface area contributed by atoms with E-state index in [4.69, 9.17) is 22.1 Å². The zero-order valence-electron chi connectivity index (χ0n) is 9.28. The molecule has 0 saturated heterocycles. The molecule has 1 atom stereocenters. The predicted molar refractivity (Wildman–Crippen MR) is 64.1 cm³/mol. The molecule has 3 nitrogen and oxygen atoms in total. The molecule has 0 aromatic heterocycles. The monoisotopic (exact) mass is 241 g/mol. The van der Waals surface area contributed by atoms with Gasteiger partial charge in [-0.2, -0.15) is 0 Å². The summed E-state index contributed by atoms with van der Waals surface area (Å²) in [6, 6.07) is 7.29. The van der Waals surface area contributed by atoms with Crippen LogP contribution in [0.4, 0.5) is 0 Å². The molecule has 0 aliphatic heterocycles. The summed E-state index contributed by atoms with van der Waals surface area (Å²) in [4.78, 5) is 11.5. The van der Waals surface area contributed by atoms with Gasteiger partial charge in [0.2, 0.25) is 0 Å². The van der Waals surface area contributed by atoms with Gasteiger partial charge in [0, 0.05) is 17.1 Å². The number of ether oxygens (including phenoxy) is 1. The van der Waals surface area contributed by atoms with Gasteiger partial charge in [0.1, 0.15) is 6.61 Å². The average molecular weight is 242 g/mol. The third-order valence-corrected chi connectivity index (χ3v) is 2.81. The van der Waals surface area contributed by atoms with Gasteiger partial charge in [0.05, 0.1) is 5.92 Å². The van der Waals surface area contributed by atoms with E-state index in [1.807, 2.05) is 25.1 Å². The van der Waals surface area contributed by atoms with Gasteiger partial charge in [-0.25, -0.2) is 0 Å². The molecule has 0 bridgehead atoms. The highest BCUT2D eigenvalue weighted by Crippen LogP contribution is 2.16. The highest BCUT2D eigenvalue weighted by Gasteiger charge is 2.16. The Kier molecular flexibility index (Phi) is 5.29. The maximum absolute atomic E-state index is 11.5. The predicted octanol–water partition coefficient (Wildman–Crippen LogP) is 2.37. The van der Waals surface area contributed by atoms with Crippen LogP contribution in [0.25, 0.3) is 0 Å². The van der Waals surface area contributed by atoms with Crippen molar-refractivity contribution in [3.8, 4) is 0 Å². The minimum Gasteiger partial charge on any atom is -0.461 e. The van der Waals surface area contributed by atoms with E-state index in [-0.39, 0.29) is 18.5 Å². The summed E-state index contributed by atoms with van der Waals surface area (Å²) in [5, 5.41) is 0.607. The first-order valence-electron chi connectivity index (χ1n) is 5.29. The molecule has 2 N–H and O–H groups in total. The van der Waals surface area contributed by atoms with Crippen molar-refractivity contribution in [2.45, 2.75) is 20.0 Å². The number of benzene rings is 1. The van der Waals surface area contributed by atoms with Crippen molar-refractivity contribution in [1.82, 2.24) is 0 Å². The number of carbonyl (C=O) groups is 1. The highest BCUT2D eigenvalue weighted by atomic mass is 35.5. The standard InChI is InChI=1S/C12H16ClNO2/c1-2-9(7-14)12(15)16-8-10-5-3-4-6-11(10)13/h3-6,9H,2,7-8,14H2,1H3. The molecule has 1 aromatic rings. The second kappa shape index (κ2) is 6.51. The molecule has 16 heavy (non-hydrogen) atoms. The molecule has 0 fully saturated rings. The molecule has 0 amide bonds. The summed E-state index contributed by atoms with van der Waals surface area (Å²) in [6.07, 6.45) is 0.692. The lowest BCUT2D eigenvalue weighted by Gasteiger charge is -2.12. The second-order valence-corrected chi connectivity index (χ2v) is 3.95. The van der Waals surface area contributed by atoms with Crippen molar-refractivity contribution in [2.24, 2.45) is 11.7 Å². The van der Waals surface area contributed by atoms with Gasteiger partial charge in [0.25, 0.3) is 0 Å². The van der Waals surface area contributed by atoms with Gasteiger partial charge in [-0.3, -0.25) is 4.79 Å². The molecule has 4 heteroatoms. The number of esters is 1. The Bertz CT molecular complexity index is 351. The third-order valence-electron chi connectivity index (χ3n) is 2.44. The number of halogens is 1. The summed E-state index contributed by atoms with van der Waals surface area (Å²) >= 11 is 5.94. The van der Waals surface area contributed by atoms with Crippen LogP contribution >= 0.6 is 11.6 Å². The largest absolute Gasteiger partial charge is 0.461 e. The Morgan fingerprint density at radius 1 is 1.50 bits per heavy atom. The fraction of sp³-hybridized carbons (Fsp3) is 0.417. The normalized spacial score (nSPS) is 12.2. The van der Waals surface area contributed by atoms with Crippen LogP contribution in [0.15, 0.2) is 24.3 Å². The summed E-state index contributed by atoms with van der Waals surface area (Å²) < 4.78 is 5.15. The maximum atomic E-state index is 11.5. The smallest absolute Gasteiger partial charge is 0.310 e. The van der Waals surface area contributed by atoms with E-state index >= 15 is 0 Å². The molecule has 0 aliphatic rings. The summed E-state index contributed by atoms with van der Waals surface area (Å²) in [6.45, 7) is 2.43. The lowest BCUT2D eigenvalue weighted by atomic mass is 10.1. The number of hydrogen-bond acceptors (Lipinski definition) is 3. The van der Waals surface area contributed by atoms with Crippen LogP contribution in [0.2, 0.25) is 5.02 Å². The van der Waals surface area contributed by atoms with E-state index in [0.717, 1.165) is 5.56 Å². The molecule has 1 rings (SSSR count). The average Bonchev–Trinajstić information content (AvgIpc) is 2.29. The minimum atomic E-state index is -0.259. The van der Waals surface area contributed by atoms with E-state index in [1.54, 1.807) is 6.07 Å². The van der Waals surface area contributed by atoms with Crippen LogP contribution in [0, 0.1) is 5.92 Å². The van der Waals surface area contributed by atoms with Crippen LogP contribution in [0.3, 0.4) is 0 Å². The van der Waals surface area contributed by atoms with Crippen molar-refractivity contribution in [2.75, 3.05) is 6.54 Å². The van der Waals surface area contributed by atoms with Crippen molar-refractivity contribution in [3.05, 3.63) is 34.9 Å². The summed E-state index contributed by atoms with van der Waals surface area (Å²) in [5.74, 6) is -0.479. The number of rotatable bonds is 5. The van der Waals surface area contributed by atoms with Gasteiger partial charge in [-0.15, -0.1) is 0 Å². The van der Waals surface area contributed by atoms with Gasteiger partial charge in [0.15, 0.2) is 0 Å². The number of nitrogens with two attached hydrogens (primary N) is 1. The molecular formula is C12H16ClNO2. The Morgan fingerprint density at radius 2 is 2.19 bits per heavy atom. The highest BCUT2D eigenvalue weighted by molar-refractivity contribution is 6.31. The fourth-order valence-corrected chi connectivity index (χ4v) is 1.50. The van der Waals surface area contributed by atoms with Crippen LogP contribution in [-0.4, -0.2) is 12.5 Å². The van der Waals surface area contributed by atoms with E-state index in [0.29, 0.717) is 18.0 Å². The zero-order valence-corrected chi connectivity index (χ0v) is 10.0. The van der Waals surface area contributed by atoms with Crippen LogP contribution in [0.1, 0.15) is 18.9 Å². The minimum absolute atomic E-state index is 0.203. The van der Waals surface area contributed by atoms with Crippen LogP contribution in [0.5, 0.6) is 0 Å². The van der Waals surface area contributed by atoms with Crippen LogP contribution in [-0.2, 0) is 16.1 Å². The fourth-order valence-electron chi connectivity index (χ4n) is 1.31. The van der Waals surface area contributed by atoms with Gasteiger partial charge >= 0.3 is 5.97 Å². The molecule has 0 aliphatic carbocycles. The van der Waals surface area contributed by atoms with Crippen molar-refractivity contribution in [1.29, 1.82) is 0 Å². The number of carbonyl (C=O) groups excluding carboxylic acids is 1. The Hall–Kier alpha value is -1.06. The molecule has 1 aromatic carbocycles. The zero-order chi connectivity index (χ0) is 12.0. The first kappa shape index (κ1) is 13.0. The molecule has 88 valence electrons. The van der Waals surface area contributed by atoms with E-state index < -0.39 is 0 Å². The molecule has 0 heterocycles. The quantitative estimate of drug-likeness (QED) is 0.806. The Balaban J connectivity index is 2.52. The lowest BCUT2D eigenvalue weighted by molar-refractivity contribution is -0.149.